The summed E-state index contributed by atoms with van der Waals surface area (Å²) in [6.45, 7) is 7.84. The van der Waals surface area contributed by atoms with Gasteiger partial charge in [-0.15, -0.1) is 0 Å². The van der Waals surface area contributed by atoms with Crippen LogP contribution in [0.2, 0.25) is 0 Å². The van der Waals surface area contributed by atoms with Gasteiger partial charge in [0.25, 0.3) is 0 Å². The Kier molecular flexibility index (Phi) is 5.77. The van der Waals surface area contributed by atoms with Crippen molar-refractivity contribution >= 4 is 11.6 Å². The largest absolute Gasteiger partial charge is 0.380 e. The molecule has 0 amide bonds. The lowest BCUT2D eigenvalue weighted by atomic mass is 10.0. The van der Waals surface area contributed by atoms with E-state index in [0.29, 0.717) is 12.2 Å². The summed E-state index contributed by atoms with van der Waals surface area (Å²) < 4.78 is 0. The highest BCUT2D eigenvalue weighted by molar-refractivity contribution is 6.22. The second-order valence-electron chi connectivity index (χ2n) is 5.27. The molecule has 0 spiro atoms. The molecule has 1 aliphatic rings. The Morgan fingerprint density at radius 2 is 1.64 bits per heavy atom. The molecule has 0 atom stereocenters. The van der Waals surface area contributed by atoms with Gasteiger partial charge in [-0.05, 0) is 25.9 Å². The van der Waals surface area contributed by atoms with Crippen LogP contribution in [0.25, 0.3) is 0 Å². The molecule has 2 rings (SSSR count). The number of allylic oxidation sites excluding steroid dienone is 2. The van der Waals surface area contributed by atoms with E-state index in [2.05, 4.69) is 34.0 Å². The molecule has 0 saturated heterocycles. The van der Waals surface area contributed by atoms with Crippen LogP contribution < -0.4 is 5.32 Å². The maximum Gasteiger partial charge on any atom is 0.229 e. The van der Waals surface area contributed by atoms with Crippen LogP contribution in [0.3, 0.4) is 0 Å². The van der Waals surface area contributed by atoms with Crippen molar-refractivity contribution in [1.29, 1.82) is 0 Å². The van der Waals surface area contributed by atoms with Gasteiger partial charge in [0, 0.05) is 31.6 Å². The summed E-state index contributed by atoms with van der Waals surface area (Å²) in [7, 11) is 0. The first-order valence-corrected chi connectivity index (χ1v) is 7.75. The number of carbonyl (C=O) groups is 2. The number of fused-ring (bicyclic) bond motifs is 1. The lowest BCUT2D eigenvalue weighted by molar-refractivity contribution is 0.0970. The second-order valence-corrected chi connectivity index (χ2v) is 5.27. The van der Waals surface area contributed by atoms with E-state index in [0.717, 1.165) is 32.5 Å². The van der Waals surface area contributed by atoms with Crippen LogP contribution in [0.4, 0.5) is 0 Å². The molecule has 6 nitrogen and oxygen atoms in total. The number of rotatable bonds is 8. The number of nitrogens with zero attached hydrogens (tertiary/aromatic N) is 3. The van der Waals surface area contributed by atoms with Crippen LogP contribution in [-0.4, -0.2) is 52.6 Å². The van der Waals surface area contributed by atoms with Crippen molar-refractivity contribution in [2.45, 2.75) is 26.7 Å². The predicted octanol–water partition coefficient (Wildman–Crippen LogP) is 1.45. The standard InChI is InChI=1S/C16H22N4O2/c1-3-8-20(9-4-2)10-7-17-12-11-13(21)14-15(16(12)22)19-6-5-18-14/h5-6,11,17H,3-4,7-10H2,1-2H3. The highest BCUT2D eigenvalue weighted by Gasteiger charge is 2.27. The Balaban J connectivity index is 1.96. The fourth-order valence-electron chi connectivity index (χ4n) is 2.52. The highest BCUT2D eigenvalue weighted by atomic mass is 16.1. The summed E-state index contributed by atoms with van der Waals surface area (Å²) in [5.74, 6) is -0.538. The van der Waals surface area contributed by atoms with Crippen molar-refractivity contribution in [2.75, 3.05) is 26.2 Å². The molecule has 0 aromatic carbocycles. The van der Waals surface area contributed by atoms with Crippen LogP contribution in [0.5, 0.6) is 0 Å². The molecule has 1 heterocycles. The third kappa shape index (κ3) is 3.76. The summed E-state index contributed by atoms with van der Waals surface area (Å²) in [5, 5.41) is 3.07. The first-order chi connectivity index (χ1) is 10.7. The minimum Gasteiger partial charge on any atom is -0.380 e. The van der Waals surface area contributed by atoms with Crippen molar-refractivity contribution in [2.24, 2.45) is 0 Å². The summed E-state index contributed by atoms with van der Waals surface area (Å²) >= 11 is 0. The van der Waals surface area contributed by atoms with Gasteiger partial charge >= 0.3 is 0 Å². The molecule has 118 valence electrons. The molecule has 1 N–H and O–H groups in total. The van der Waals surface area contributed by atoms with Crippen LogP contribution in [0, 0.1) is 0 Å². The van der Waals surface area contributed by atoms with Gasteiger partial charge in [0.1, 0.15) is 11.4 Å². The van der Waals surface area contributed by atoms with Gasteiger partial charge in [0.15, 0.2) is 0 Å². The van der Waals surface area contributed by atoms with E-state index < -0.39 is 0 Å². The molecule has 1 aliphatic carbocycles. The molecule has 0 aliphatic heterocycles. The fourth-order valence-corrected chi connectivity index (χ4v) is 2.52. The number of ketones is 2. The zero-order valence-electron chi connectivity index (χ0n) is 13.1. The number of hydrogen-bond donors (Lipinski definition) is 1. The number of hydrogen-bond acceptors (Lipinski definition) is 6. The average molecular weight is 302 g/mol. The van der Waals surface area contributed by atoms with E-state index in [1.807, 2.05) is 0 Å². The summed E-state index contributed by atoms with van der Waals surface area (Å²) in [6, 6.07) is 0. The van der Waals surface area contributed by atoms with Gasteiger partial charge in [-0.2, -0.15) is 0 Å². The summed E-state index contributed by atoms with van der Waals surface area (Å²) in [6.07, 6.45) is 6.37. The average Bonchev–Trinajstić information content (AvgIpc) is 2.52. The van der Waals surface area contributed by atoms with Crippen LogP contribution in [0.15, 0.2) is 24.2 Å². The number of Topliss-reactive ketones (excluding diaryl/α,β-unsaturated/α-hetero) is 1. The summed E-state index contributed by atoms with van der Waals surface area (Å²) in [4.78, 5) is 34.5. The topological polar surface area (TPSA) is 75.2 Å². The monoisotopic (exact) mass is 302 g/mol. The molecule has 22 heavy (non-hydrogen) atoms. The molecule has 0 fully saturated rings. The van der Waals surface area contributed by atoms with E-state index in [4.69, 9.17) is 0 Å². The summed E-state index contributed by atoms with van der Waals surface area (Å²) in [5.41, 5.74) is 0.582. The Morgan fingerprint density at radius 1 is 1.00 bits per heavy atom. The van der Waals surface area contributed by atoms with Gasteiger partial charge in [0.2, 0.25) is 11.6 Å². The molecule has 0 unspecified atom stereocenters. The van der Waals surface area contributed by atoms with E-state index in [1.165, 1.54) is 18.5 Å². The van der Waals surface area contributed by atoms with E-state index >= 15 is 0 Å². The maximum absolute atomic E-state index is 12.3. The van der Waals surface area contributed by atoms with Crippen LogP contribution in [-0.2, 0) is 0 Å². The Bertz CT molecular complexity index is 577. The Labute approximate surface area is 130 Å². The van der Waals surface area contributed by atoms with E-state index in [1.54, 1.807) is 0 Å². The smallest absolute Gasteiger partial charge is 0.229 e. The quantitative estimate of drug-likeness (QED) is 0.783. The van der Waals surface area contributed by atoms with Gasteiger partial charge in [-0.25, -0.2) is 9.97 Å². The zero-order chi connectivity index (χ0) is 15.9. The van der Waals surface area contributed by atoms with Crippen LogP contribution >= 0.6 is 0 Å². The third-order valence-corrected chi connectivity index (χ3v) is 3.49. The number of nitrogens with one attached hydrogen (secondary N) is 1. The van der Waals surface area contributed by atoms with Crippen molar-refractivity contribution in [1.82, 2.24) is 20.2 Å². The number of carbonyl (C=O) groups excluding carboxylic acids is 2. The first-order valence-electron chi connectivity index (χ1n) is 7.75. The molecular formula is C16H22N4O2. The molecule has 0 bridgehead atoms. The molecule has 0 radical (unpaired) electrons. The normalized spacial score (nSPS) is 14.0. The van der Waals surface area contributed by atoms with Crippen LogP contribution in [0.1, 0.15) is 47.7 Å². The van der Waals surface area contributed by atoms with Crippen molar-refractivity contribution in [3.05, 3.63) is 35.6 Å². The van der Waals surface area contributed by atoms with E-state index in [-0.39, 0.29) is 23.0 Å². The minimum atomic E-state index is -0.274. The van der Waals surface area contributed by atoms with Crippen molar-refractivity contribution in [3.63, 3.8) is 0 Å². The Hall–Kier alpha value is -2.08. The lowest BCUT2D eigenvalue weighted by Crippen LogP contribution is -2.36. The number of aromatic nitrogens is 2. The Morgan fingerprint density at radius 3 is 2.27 bits per heavy atom. The SMILES string of the molecule is CCCN(CCC)CCNC1=CC(=O)c2nccnc2C1=O. The third-order valence-electron chi connectivity index (χ3n) is 3.49. The first kappa shape index (κ1) is 16.3. The van der Waals surface area contributed by atoms with Gasteiger partial charge in [0.05, 0.1) is 5.70 Å². The zero-order valence-corrected chi connectivity index (χ0v) is 13.1. The second kappa shape index (κ2) is 7.79. The maximum atomic E-state index is 12.3. The lowest BCUT2D eigenvalue weighted by Gasteiger charge is -2.22. The molecule has 0 saturated carbocycles. The van der Waals surface area contributed by atoms with Gasteiger partial charge in [-0.1, -0.05) is 13.8 Å². The predicted molar refractivity (Wildman–Crippen MR) is 83.8 cm³/mol. The molecule has 1 aromatic rings. The highest BCUT2D eigenvalue weighted by Crippen LogP contribution is 2.15. The van der Waals surface area contributed by atoms with E-state index in [9.17, 15) is 9.59 Å². The van der Waals surface area contributed by atoms with Gasteiger partial charge in [-0.3, -0.25) is 9.59 Å². The minimum absolute atomic E-state index is 0.136. The van der Waals surface area contributed by atoms with Crippen molar-refractivity contribution < 1.29 is 9.59 Å². The fraction of sp³-hybridized carbons (Fsp3) is 0.500. The molecule has 1 aromatic heterocycles. The van der Waals surface area contributed by atoms with Gasteiger partial charge < -0.3 is 10.2 Å². The molecular weight excluding hydrogens is 280 g/mol. The molecule has 6 heteroatoms. The van der Waals surface area contributed by atoms with Crippen molar-refractivity contribution in [3.8, 4) is 0 Å².